The average molecular weight is 893 g/mol. The van der Waals surface area contributed by atoms with E-state index in [0.29, 0.717) is 29.8 Å². The van der Waals surface area contributed by atoms with Gasteiger partial charge in [-0.25, -0.2) is 4.79 Å². The highest BCUT2D eigenvalue weighted by atomic mass is 16.4. The minimum atomic E-state index is -1.07. The number of Topliss-reactive ketones (excluding diaryl/α,β-unsaturated/α-hetero) is 4. The van der Waals surface area contributed by atoms with E-state index in [0.717, 1.165) is 48.4 Å². The molecule has 0 radical (unpaired) electrons. The molecule has 0 bridgehead atoms. The Kier molecular flexibility index (Phi) is 25.0. The van der Waals surface area contributed by atoms with Crippen LogP contribution in [0, 0.1) is 0 Å². The second-order valence-electron chi connectivity index (χ2n) is 15.8. The van der Waals surface area contributed by atoms with Crippen molar-refractivity contribution in [2.75, 3.05) is 13.1 Å². The van der Waals surface area contributed by atoms with Crippen molar-refractivity contribution in [3.8, 4) is 0 Å². The Balaban J connectivity index is 0.000000351. The van der Waals surface area contributed by atoms with Crippen LogP contribution in [-0.4, -0.2) is 59.1 Å². The van der Waals surface area contributed by atoms with Crippen molar-refractivity contribution < 1.29 is 38.7 Å². The number of amides is 2. The number of benzene rings is 4. The SMILES string of the molecule is C/C=C/c1ccc(C(=O)C(=O)c2ccc(/C=C/C(=O)NCCCCCCCC)cc2)cc1.CCCCCCCCNC(=O)/C=C/c1ccc(C(=O)C(=O)c2ccc(/C=C/C(=O)O)cc2)cc1. The van der Waals surface area contributed by atoms with E-state index in [2.05, 4.69) is 24.5 Å². The highest BCUT2D eigenvalue weighted by Crippen LogP contribution is 2.15. The lowest BCUT2D eigenvalue weighted by Gasteiger charge is -2.03. The summed E-state index contributed by atoms with van der Waals surface area (Å²) in [6, 6.07) is 26.2. The van der Waals surface area contributed by atoms with Crippen LogP contribution in [0.1, 0.15) is 162 Å². The average Bonchev–Trinajstić information content (AvgIpc) is 3.34. The predicted octanol–water partition coefficient (Wildman–Crippen LogP) is 11.6. The molecule has 0 aliphatic heterocycles. The molecule has 0 fully saturated rings. The molecule has 3 N–H and O–H groups in total. The molecule has 4 aromatic carbocycles. The summed E-state index contributed by atoms with van der Waals surface area (Å²) in [6.07, 6.45) is 26.7. The molecule has 2 amide bonds. The third kappa shape index (κ3) is 20.6. The topological polar surface area (TPSA) is 164 Å². The van der Waals surface area contributed by atoms with Crippen LogP contribution < -0.4 is 10.6 Å². The summed E-state index contributed by atoms with van der Waals surface area (Å²) in [5.74, 6) is -3.72. The maximum Gasteiger partial charge on any atom is 0.328 e. The molecular weight excluding hydrogens is 829 g/mol. The van der Waals surface area contributed by atoms with E-state index in [1.165, 1.54) is 81.7 Å². The van der Waals surface area contributed by atoms with Gasteiger partial charge >= 0.3 is 5.97 Å². The van der Waals surface area contributed by atoms with Crippen LogP contribution in [0.4, 0.5) is 0 Å². The predicted molar refractivity (Wildman–Crippen MR) is 265 cm³/mol. The van der Waals surface area contributed by atoms with Crippen molar-refractivity contribution in [2.24, 2.45) is 0 Å². The van der Waals surface area contributed by atoms with E-state index in [9.17, 15) is 33.6 Å². The van der Waals surface area contributed by atoms with E-state index in [1.54, 1.807) is 84.9 Å². The first-order valence-corrected chi connectivity index (χ1v) is 23.0. The Hall–Kier alpha value is -7.07. The Morgan fingerprint density at radius 1 is 0.394 bits per heavy atom. The van der Waals surface area contributed by atoms with Gasteiger partial charge in [-0.15, -0.1) is 0 Å². The van der Waals surface area contributed by atoms with Crippen molar-refractivity contribution in [1.82, 2.24) is 10.6 Å². The van der Waals surface area contributed by atoms with Crippen LogP contribution in [0.15, 0.2) is 121 Å². The number of carboxylic acids is 1. The van der Waals surface area contributed by atoms with Gasteiger partial charge < -0.3 is 15.7 Å². The fourth-order valence-electron chi connectivity index (χ4n) is 6.56. The number of rotatable bonds is 27. The molecular formula is C56H64N2O8. The van der Waals surface area contributed by atoms with Gasteiger partial charge in [-0.3, -0.25) is 28.8 Å². The number of unbranched alkanes of at least 4 members (excludes halogenated alkanes) is 10. The number of aliphatic carboxylic acids is 1. The van der Waals surface area contributed by atoms with Gasteiger partial charge in [0.1, 0.15) is 0 Å². The van der Waals surface area contributed by atoms with E-state index in [4.69, 9.17) is 5.11 Å². The van der Waals surface area contributed by atoms with Gasteiger partial charge in [-0.05, 0) is 60.2 Å². The summed E-state index contributed by atoms with van der Waals surface area (Å²) in [7, 11) is 0. The first-order valence-electron chi connectivity index (χ1n) is 23.0. The number of ketones is 4. The third-order valence-electron chi connectivity index (χ3n) is 10.4. The second kappa shape index (κ2) is 30.9. The Bertz CT molecular complexity index is 2300. The summed E-state index contributed by atoms with van der Waals surface area (Å²) in [5, 5.41) is 14.4. The van der Waals surface area contributed by atoms with Crippen molar-refractivity contribution in [1.29, 1.82) is 0 Å². The van der Waals surface area contributed by atoms with Gasteiger partial charge in [0.2, 0.25) is 34.9 Å². The van der Waals surface area contributed by atoms with Crippen LogP contribution in [0.3, 0.4) is 0 Å². The zero-order chi connectivity index (χ0) is 47.9. The van der Waals surface area contributed by atoms with Crippen molar-refractivity contribution in [3.63, 3.8) is 0 Å². The molecule has 0 saturated carbocycles. The molecule has 0 aliphatic rings. The molecule has 346 valence electrons. The van der Waals surface area contributed by atoms with Crippen molar-refractivity contribution in [3.05, 3.63) is 166 Å². The first kappa shape index (κ1) is 53.3. The molecule has 10 heteroatoms. The van der Waals surface area contributed by atoms with Crippen molar-refractivity contribution >= 4 is 65.2 Å². The van der Waals surface area contributed by atoms with Crippen LogP contribution in [-0.2, 0) is 14.4 Å². The molecule has 0 atom stereocenters. The molecule has 0 aliphatic carbocycles. The summed E-state index contributed by atoms with van der Waals surface area (Å²) in [6.45, 7) is 7.64. The van der Waals surface area contributed by atoms with Crippen LogP contribution in [0.2, 0.25) is 0 Å². The van der Waals surface area contributed by atoms with Gasteiger partial charge in [-0.2, -0.15) is 0 Å². The number of hydrogen-bond acceptors (Lipinski definition) is 7. The maximum atomic E-state index is 12.5. The zero-order valence-corrected chi connectivity index (χ0v) is 38.6. The number of carbonyl (C=O) groups excluding carboxylic acids is 6. The summed E-state index contributed by atoms with van der Waals surface area (Å²) in [5.41, 5.74) is 4.30. The molecule has 0 spiro atoms. The molecule has 4 aromatic rings. The summed E-state index contributed by atoms with van der Waals surface area (Å²) in [4.78, 5) is 84.5. The van der Waals surface area contributed by atoms with Gasteiger partial charge in [0.15, 0.2) is 0 Å². The molecule has 0 saturated heterocycles. The first-order chi connectivity index (χ1) is 31.9. The van der Waals surface area contributed by atoms with Gasteiger partial charge in [0.05, 0.1) is 0 Å². The standard InChI is InChI=1S/C28H31NO5.C28H33NO3/c1-2-3-4-5-6-7-20-29-25(30)18-12-21-8-14-23(15-9-21)27(33)28(34)24-16-10-22(11-17-24)13-19-26(31)32;1-3-5-6-7-8-9-21-29-26(30)20-15-23-13-18-25(19-14-23)28(32)27(31)24-16-11-22(10-4-2)12-17-24/h8-19H,2-7,20H2,1H3,(H,29,30)(H,31,32);4,10-20H,3,5-9,21H2,1-2H3,(H,29,30)/b18-12+,19-13+;10-4+,20-15+. The number of carboxylic acid groups (broad SMARTS) is 1. The zero-order valence-electron chi connectivity index (χ0n) is 38.6. The van der Waals surface area contributed by atoms with E-state index < -0.39 is 29.1 Å². The molecule has 66 heavy (non-hydrogen) atoms. The lowest BCUT2D eigenvalue weighted by atomic mass is 9.99. The molecule has 0 heterocycles. The third-order valence-corrected chi connectivity index (χ3v) is 10.4. The Labute approximate surface area is 390 Å². The lowest BCUT2D eigenvalue weighted by Crippen LogP contribution is -2.21. The quantitative estimate of drug-likeness (QED) is 0.0230. The smallest absolute Gasteiger partial charge is 0.328 e. The summed E-state index contributed by atoms with van der Waals surface area (Å²) < 4.78 is 0. The van der Waals surface area contributed by atoms with E-state index in [-0.39, 0.29) is 22.9 Å². The lowest BCUT2D eigenvalue weighted by molar-refractivity contribution is -0.131. The van der Waals surface area contributed by atoms with Crippen LogP contribution in [0.5, 0.6) is 0 Å². The van der Waals surface area contributed by atoms with Crippen LogP contribution in [0.25, 0.3) is 24.3 Å². The number of carbonyl (C=O) groups is 7. The van der Waals surface area contributed by atoms with Crippen LogP contribution >= 0.6 is 0 Å². The van der Waals surface area contributed by atoms with Gasteiger partial charge in [-0.1, -0.05) is 187 Å². The molecule has 0 unspecified atom stereocenters. The molecule has 4 rings (SSSR count). The Morgan fingerprint density at radius 2 is 0.667 bits per heavy atom. The monoisotopic (exact) mass is 892 g/mol. The molecule has 10 nitrogen and oxygen atoms in total. The Morgan fingerprint density at radius 3 is 0.955 bits per heavy atom. The van der Waals surface area contributed by atoms with Crippen molar-refractivity contribution in [2.45, 2.75) is 97.8 Å². The van der Waals surface area contributed by atoms with E-state index in [1.807, 2.05) is 31.2 Å². The number of nitrogens with one attached hydrogen (secondary N) is 2. The van der Waals surface area contributed by atoms with E-state index >= 15 is 0 Å². The second-order valence-corrected chi connectivity index (χ2v) is 15.8. The highest BCUT2D eigenvalue weighted by molar-refractivity contribution is 6.49. The minimum absolute atomic E-state index is 0.129. The summed E-state index contributed by atoms with van der Waals surface area (Å²) >= 11 is 0. The molecule has 0 aromatic heterocycles. The van der Waals surface area contributed by atoms with Gasteiger partial charge in [0.25, 0.3) is 0 Å². The largest absolute Gasteiger partial charge is 0.478 e. The van der Waals surface area contributed by atoms with Gasteiger partial charge in [0, 0.05) is 53.6 Å². The normalized spacial score (nSPS) is 11.1. The number of hydrogen-bond donors (Lipinski definition) is 3. The highest BCUT2D eigenvalue weighted by Gasteiger charge is 2.19. The minimum Gasteiger partial charge on any atom is -0.478 e. The number of allylic oxidation sites excluding steroid dienone is 1. The fraction of sp³-hybridized carbons (Fsp3) is 0.304. The maximum absolute atomic E-state index is 12.5. The fourth-order valence-corrected chi connectivity index (χ4v) is 6.56.